The van der Waals surface area contributed by atoms with Crippen LogP contribution in [0.2, 0.25) is 5.02 Å². The van der Waals surface area contributed by atoms with Gasteiger partial charge in [0.05, 0.1) is 16.3 Å². The number of benzene rings is 2. The van der Waals surface area contributed by atoms with Gasteiger partial charge >= 0.3 is 5.97 Å². The van der Waals surface area contributed by atoms with Gasteiger partial charge in [0.15, 0.2) is 0 Å². The number of para-hydroxylation sites is 1. The van der Waals surface area contributed by atoms with Crippen LogP contribution in [0, 0.1) is 0 Å². The Morgan fingerprint density at radius 3 is 2.57 bits per heavy atom. The maximum Gasteiger partial charge on any atom is 0.337 e. The number of hydrogen-bond donors (Lipinski definition) is 3. The predicted octanol–water partition coefficient (Wildman–Crippen LogP) is 2.75. The standard InChI is InChI=1S/C15H13ClN2O3/c16-12-6-2-5-11(15(20)21)13(12)18-14(19)10-4-1-3-9(7-10)8-17/h1-7H,8,17H2,(H,18,19)(H,20,21). The molecule has 108 valence electrons. The first-order valence-electron chi connectivity index (χ1n) is 6.15. The van der Waals surface area contributed by atoms with Crippen molar-refractivity contribution in [2.45, 2.75) is 6.54 Å². The van der Waals surface area contributed by atoms with Gasteiger partial charge < -0.3 is 16.2 Å². The molecule has 0 saturated heterocycles. The molecule has 0 saturated carbocycles. The minimum Gasteiger partial charge on any atom is -0.478 e. The highest BCUT2D eigenvalue weighted by molar-refractivity contribution is 6.34. The van der Waals surface area contributed by atoms with Crippen LogP contribution < -0.4 is 11.1 Å². The molecule has 0 heterocycles. The van der Waals surface area contributed by atoms with Gasteiger partial charge in [-0.05, 0) is 29.8 Å². The van der Waals surface area contributed by atoms with Gasteiger partial charge in [-0.25, -0.2) is 4.79 Å². The van der Waals surface area contributed by atoms with Gasteiger partial charge in [0.1, 0.15) is 0 Å². The van der Waals surface area contributed by atoms with Crippen molar-refractivity contribution in [1.82, 2.24) is 0 Å². The third kappa shape index (κ3) is 3.39. The minimum absolute atomic E-state index is 0.0640. The summed E-state index contributed by atoms with van der Waals surface area (Å²) in [5, 5.41) is 11.8. The van der Waals surface area contributed by atoms with Crippen molar-refractivity contribution in [2.24, 2.45) is 5.73 Å². The SMILES string of the molecule is NCc1cccc(C(=O)Nc2c(Cl)cccc2C(=O)O)c1. The molecular formula is C15H13ClN2O3. The summed E-state index contributed by atoms with van der Waals surface area (Å²) in [6.45, 7) is 0.313. The molecule has 0 bridgehead atoms. The first-order valence-corrected chi connectivity index (χ1v) is 6.53. The number of halogens is 1. The van der Waals surface area contributed by atoms with Crippen LogP contribution in [-0.2, 0) is 6.54 Å². The molecule has 0 fully saturated rings. The van der Waals surface area contributed by atoms with E-state index in [1.54, 1.807) is 24.3 Å². The first-order chi connectivity index (χ1) is 10.0. The van der Waals surface area contributed by atoms with Gasteiger partial charge in [0, 0.05) is 12.1 Å². The Morgan fingerprint density at radius 1 is 1.19 bits per heavy atom. The molecule has 0 radical (unpaired) electrons. The van der Waals surface area contributed by atoms with Crippen LogP contribution in [0.5, 0.6) is 0 Å². The Hall–Kier alpha value is -2.37. The number of nitrogens with two attached hydrogens (primary N) is 1. The summed E-state index contributed by atoms with van der Waals surface area (Å²) in [5.41, 5.74) is 6.73. The number of carboxylic acid groups (broad SMARTS) is 1. The Labute approximate surface area is 126 Å². The maximum absolute atomic E-state index is 12.2. The van der Waals surface area contributed by atoms with Crippen molar-refractivity contribution in [2.75, 3.05) is 5.32 Å². The monoisotopic (exact) mass is 304 g/mol. The number of carbonyl (C=O) groups is 2. The van der Waals surface area contributed by atoms with Crippen molar-refractivity contribution in [3.63, 3.8) is 0 Å². The van der Waals surface area contributed by atoms with E-state index in [1.807, 2.05) is 0 Å². The first kappa shape index (κ1) is 15.0. The molecule has 2 aromatic rings. The molecule has 1 amide bonds. The van der Waals surface area contributed by atoms with E-state index in [0.717, 1.165) is 5.56 Å². The number of rotatable bonds is 4. The largest absolute Gasteiger partial charge is 0.478 e. The fourth-order valence-corrected chi connectivity index (χ4v) is 2.08. The summed E-state index contributed by atoms with van der Waals surface area (Å²) in [6.07, 6.45) is 0. The quantitative estimate of drug-likeness (QED) is 0.809. The Morgan fingerprint density at radius 2 is 1.90 bits per heavy atom. The highest BCUT2D eigenvalue weighted by atomic mass is 35.5. The molecule has 2 aromatic carbocycles. The van der Waals surface area contributed by atoms with E-state index < -0.39 is 11.9 Å². The zero-order valence-electron chi connectivity index (χ0n) is 11.0. The van der Waals surface area contributed by atoms with E-state index in [0.29, 0.717) is 12.1 Å². The average molecular weight is 305 g/mol. The number of nitrogens with one attached hydrogen (secondary N) is 1. The summed E-state index contributed by atoms with van der Waals surface area (Å²) in [4.78, 5) is 23.4. The van der Waals surface area contributed by atoms with E-state index in [9.17, 15) is 9.59 Å². The van der Waals surface area contributed by atoms with E-state index in [2.05, 4.69) is 5.32 Å². The number of carboxylic acids is 1. The smallest absolute Gasteiger partial charge is 0.337 e. The molecule has 2 rings (SSSR count). The van der Waals surface area contributed by atoms with Crippen LogP contribution in [-0.4, -0.2) is 17.0 Å². The number of amides is 1. The lowest BCUT2D eigenvalue weighted by atomic mass is 10.1. The highest BCUT2D eigenvalue weighted by Gasteiger charge is 2.16. The second-order valence-electron chi connectivity index (χ2n) is 4.33. The predicted molar refractivity (Wildman–Crippen MR) is 80.7 cm³/mol. The van der Waals surface area contributed by atoms with Crippen molar-refractivity contribution in [1.29, 1.82) is 0 Å². The number of hydrogen-bond acceptors (Lipinski definition) is 3. The lowest BCUT2D eigenvalue weighted by Gasteiger charge is -2.11. The van der Waals surface area contributed by atoms with Crippen LogP contribution in [0.25, 0.3) is 0 Å². The maximum atomic E-state index is 12.2. The lowest BCUT2D eigenvalue weighted by Crippen LogP contribution is -2.15. The molecule has 5 nitrogen and oxygen atoms in total. The van der Waals surface area contributed by atoms with E-state index in [-0.39, 0.29) is 16.3 Å². The van der Waals surface area contributed by atoms with E-state index in [4.69, 9.17) is 22.4 Å². The molecule has 0 aliphatic carbocycles. The molecule has 6 heteroatoms. The molecular weight excluding hydrogens is 292 g/mol. The molecule has 4 N–H and O–H groups in total. The second kappa shape index (κ2) is 6.39. The topological polar surface area (TPSA) is 92.4 Å². The second-order valence-corrected chi connectivity index (χ2v) is 4.73. The van der Waals surface area contributed by atoms with Crippen molar-refractivity contribution >= 4 is 29.2 Å². The van der Waals surface area contributed by atoms with Crippen molar-refractivity contribution < 1.29 is 14.7 Å². The fraction of sp³-hybridized carbons (Fsp3) is 0.0667. The van der Waals surface area contributed by atoms with Gasteiger partial charge in [0.2, 0.25) is 0 Å². The molecule has 0 atom stereocenters. The Balaban J connectivity index is 2.33. The molecule has 0 spiro atoms. The number of carbonyl (C=O) groups excluding carboxylic acids is 1. The fourth-order valence-electron chi connectivity index (χ4n) is 1.85. The van der Waals surface area contributed by atoms with Crippen molar-refractivity contribution in [3.8, 4) is 0 Å². The van der Waals surface area contributed by atoms with E-state index in [1.165, 1.54) is 18.2 Å². The number of anilines is 1. The van der Waals surface area contributed by atoms with Crippen LogP contribution in [0.1, 0.15) is 26.3 Å². The van der Waals surface area contributed by atoms with Crippen LogP contribution in [0.3, 0.4) is 0 Å². The molecule has 0 unspecified atom stereocenters. The molecule has 0 aromatic heterocycles. The summed E-state index contributed by atoms with van der Waals surface area (Å²) in [6, 6.07) is 11.2. The van der Waals surface area contributed by atoms with Crippen LogP contribution in [0.15, 0.2) is 42.5 Å². The Bertz CT molecular complexity index is 701. The summed E-state index contributed by atoms with van der Waals surface area (Å²) in [7, 11) is 0. The molecule has 0 aliphatic heterocycles. The normalized spacial score (nSPS) is 10.2. The summed E-state index contributed by atoms with van der Waals surface area (Å²) < 4.78 is 0. The third-order valence-electron chi connectivity index (χ3n) is 2.91. The van der Waals surface area contributed by atoms with Crippen molar-refractivity contribution in [3.05, 3.63) is 64.2 Å². The van der Waals surface area contributed by atoms with Crippen LogP contribution >= 0.6 is 11.6 Å². The Kier molecular flexibility index (Phi) is 4.57. The minimum atomic E-state index is -1.16. The van der Waals surface area contributed by atoms with Crippen LogP contribution in [0.4, 0.5) is 5.69 Å². The zero-order valence-corrected chi connectivity index (χ0v) is 11.7. The van der Waals surface area contributed by atoms with Gasteiger partial charge in [0.25, 0.3) is 5.91 Å². The zero-order chi connectivity index (χ0) is 15.4. The lowest BCUT2D eigenvalue weighted by molar-refractivity contribution is 0.0698. The third-order valence-corrected chi connectivity index (χ3v) is 3.22. The van der Waals surface area contributed by atoms with Gasteiger partial charge in [-0.3, -0.25) is 4.79 Å². The van der Waals surface area contributed by atoms with Gasteiger partial charge in [-0.1, -0.05) is 29.8 Å². The van der Waals surface area contributed by atoms with E-state index >= 15 is 0 Å². The number of aromatic carboxylic acids is 1. The van der Waals surface area contributed by atoms with Gasteiger partial charge in [-0.15, -0.1) is 0 Å². The summed E-state index contributed by atoms with van der Waals surface area (Å²) >= 11 is 5.97. The summed E-state index contributed by atoms with van der Waals surface area (Å²) in [5.74, 6) is -1.61. The molecule has 21 heavy (non-hydrogen) atoms. The highest BCUT2D eigenvalue weighted by Crippen LogP contribution is 2.26. The molecule has 0 aliphatic rings. The average Bonchev–Trinajstić information content (AvgIpc) is 2.49. The van der Waals surface area contributed by atoms with Gasteiger partial charge in [-0.2, -0.15) is 0 Å².